The molecule has 1 heterocycles. The Balaban J connectivity index is 0.00000450. The summed E-state index contributed by atoms with van der Waals surface area (Å²) < 4.78 is 15.8. The van der Waals surface area contributed by atoms with Gasteiger partial charge in [-0.25, -0.2) is 0 Å². The Morgan fingerprint density at radius 3 is 2.50 bits per heavy atom. The Morgan fingerprint density at radius 2 is 1.90 bits per heavy atom. The zero-order chi connectivity index (χ0) is 21.1. The smallest absolute Gasteiger partial charge is 0.305 e. The highest BCUT2D eigenvalue weighted by molar-refractivity contribution is 14.0. The molecule has 0 unspecified atom stereocenters. The summed E-state index contributed by atoms with van der Waals surface area (Å²) in [6, 6.07) is 5.90. The summed E-state index contributed by atoms with van der Waals surface area (Å²) in [5.41, 5.74) is 1.13. The summed E-state index contributed by atoms with van der Waals surface area (Å²) in [5, 5.41) is 3.35. The van der Waals surface area contributed by atoms with Crippen LogP contribution in [0.5, 0.6) is 11.5 Å². The molecule has 1 aliphatic heterocycles. The van der Waals surface area contributed by atoms with Crippen molar-refractivity contribution in [1.82, 2.24) is 15.1 Å². The Kier molecular flexibility index (Phi) is 12.5. The maximum absolute atomic E-state index is 11.4. The third-order valence-electron chi connectivity index (χ3n) is 4.91. The van der Waals surface area contributed by atoms with Crippen molar-refractivity contribution in [2.24, 2.45) is 4.99 Å². The minimum atomic E-state index is -0.147. The maximum Gasteiger partial charge on any atom is 0.305 e. The summed E-state index contributed by atoms with van der Waals surface area (Å²) >= 11 is 0. The molecule has 30 heavy (non-hydrogen) atoms. The Bertz CT molecular complexity index is 679. The number of methoxy groups -OCH3 is 2. The van der Waals surface area contributed by atoms with Crippen molar-refractivity contribution in [3.63, 3.8) is 0 Å². The summed E-state index contributed by atoms with van der Waals surface area (Å²) in [5.74, 6) is 2.46. The van der Waals surface area contributed by atoms with Crippen LogP contribution in [-0.2, 0) is 16.1 Å². The van der Waals surface area contributed by atoms with E-state index in [4.69, 9.17) is 14.2 Å². The van der Waals surface area contributed by atoms with Crippen LogP contribution in [0.25, 0.3) is 0 Å². The second kappa shape index (κ2) is 14.3. The summed E-state index contributed by atoms with van der Waals surface area (Å²) in [6.45, 7) is 7.43. The highest BCUT2D eigenvalue weighted by atomic mass is 127. The predicted octanol–water partition coefficient (Wildman–Crippen LogP) is 2.36. The monoisotopic (exact) mass is 534 g/mol. The van der Waals surface area contributed by atoms with E-state index < -0.39 is 0 Å². The number of nitrogens with zero attached hydrogens (tertiary/aromatic N) is 3. The number of aliphatic imine (C=N–C) groups is 1. The molecule has 1 fully saturated rings. The first kappa shape index (κ1) is 26.3. The molecule has 170 valence electrons. The van der Waals surface area contributed by atoms with E-state index in [0.29, 0.717) is 19.6 Å². The van der Waals surface area contributed by atoms with E-state index in [1.165, 1.54) is 0 Å². The molecule has 0 radical (unpaired) electrons. The number of guanidine groups is 1. The van der Waals surface area contributed by atoms with Crippen molar-refractivity contribution in [2.45, 2.75) is 26.3 Å². The quantitative estimate of drug-likeness (QED) is 0.172. The fourth-order valence-corrected chi connectivity index (χ4v) is 3.36. The topological polar surface area (TPSA) is 75.6 Å². The number of hydrogen-bond acceptors (Lipinski definition) is 6. The van der Waals surface area contributed by atoms with Crippen LogP contribution in [0.2, 0.25) is 0 Å². The van der Waals surface area contributed by atoms with E-state index in [2.05, 4.69) is 20.1 Å². The molecule has 1 aromatic rings. The van der Waals surface area contributed by atoms with Gasteiger partial charge < -0.3 is 24.4 Å². The van der Waals surface area contributed by atoms with E-state index in [-0.39, 0.29) is 29.9 Å². The summed E-state index contributed by atoms with van der Waals surface area (Å²) in [7, 11) is 5.16. The van der Waals surface area contributed by atoms with Gasteiger partial charge in [0.25, 0.3) is 0 Å². The second-order valence-corrected chi connectivity index (χ2v) is 6.82. The molecule has 0 spiro atoms. The van der Waals surface area contributed by atoms with E-state index >= 15 is 0 Å². The van der Waals surface area contributed by atoms with Gasteiger partial charge in [-0.2, -0.15) is 0 Å². The molecule has 0 atom stereocenters. The van der Waals surface area contributed by atoms with E-state index in [1.807, 2.05) is 25.1 Å². The molecule has 1 N–H and O–H groups in total. The van der Waals surface area contributed by atoms with Crippen LogP contribution in [0.15, 0.2) is 23.2 Å². The average Bonchev–Trinajstić information content (AvgIpc) is 2.74. The highest BCUT2D eigenvalue weighted by Crippen LogP contribution is 2.25. The van der Waals surface area contributed by atoms with Gasteiger partial charge in [0.05, 0.1) is 20.8 Å². The summed E-state index contributed by atoms with van der Waals surface area (Å²) in [6.07, 6.45) is 1.15. The average molecular weight is 534 g/mol. The van der Waals surface area contributed by atoms with Crippen LogP contribution in [-0.4, -0.2) is 82.3 Å². The first-order chi connectivity index (χ1) is 14.1. The van der Waals surface area contributed by atoms with Gasteiger partial charge in [-0.15, -0.1) is 24.0 Å². The number of esters is 1. The first-order valence-electron chi connectivity index (χ1n) is 10.2. The van der Waals surface area contributed by atoms with Gasteiger partial charge in [0.15, 0.2) is 5.96 Å². The standard InChI is InChI=1S/C21H34N4O4.HI/c1-5-29-20(26)7-6-10-23-21(22-2)25-13-11-24(12-14-25)16-17-15-18(27-3)8-9-19(17)28-4;/h8-9,15H,5-7,10-14,16H2,1-4H3,(H,22,23);1H. The van der Waals surface area contributed by atoms with Gasteiger partial charge in [-0.1, -0.05) is 0 Å². The largest absolute Gasteiger partial charge is 0.497 e. The minimum absolute atomic E-state index is 0. The van der Waals surface area contributed by atoms with Crippen LogP contribution in [0.1, 0.15) is 25.3 Å². The molecule has 1 aromatic carbocycles. The fraction of sp³-hybridized carbons (Fsp3) is 0.619. The number of carbonyl (C=O) groups is 1. The Labute approximate surface area is 197 Å². The van der Waals surface area contributed by atoms with Crippen molar-refractivity contribution < 1.29 is 19.0 Å². The normalized spacial score (nSPS) is 14.7. The van der Waals surface area contributed by atoms with Crippen molar-refractivity contribution in [3.8, 4) is 11.5 Å². The van der Waals surface area contributed by atoms with Gasteiger partial charge in [-0.3, -0.25) is 14.7 Å². The van der Waals surface area contributed by atoms with Crippen molar-refractivity contribution in [2.75, 3.05) is 60.6 Å². The second-order valence-electron chi connectivity index (χ2n) is 6.82. The first-order valence-corrected chi connectivity index (χ1v) is 10.2. The molecule has 1 aliphatic rings. The zero-order valence-electron chi connectivity index (χ0n) is 18.5. The Morgan fingerprint density at radius 1 is 1.17 bits per heavy atom. The number of benzene rings is 1. The van der Waals surface area contributed by atoms with E-state index in [0.717, 1.165) is 62.2 Å². The lowest BCUT2D eigenvalue weighted by molar-refractivity contribution is -0.143. The number of hydrogen-bond donors (Lipinski definition) is 1. The number of ether oxygens (including phenoxy) is 3. The molecule has 2 rings (SSSR count). The molecule has 0 aliphatic carbocycles. The number of carbonyl (C=O) groups excluding carboxylic acids is 1. The van der Waals surface area contributed by atoms with Crippen LogP contribution >= 0.6 is 24.0 Å². The number of halogens is 1. The van der Waals surface area contributed by atoms with Crippen molar-refractivity contribution in [1.29, 1.82) is 0 Å². The predicted molar refractivity (Wildman–Crippen MR) is 129 cm³/mol. The molecular formula is C21H35IN4O4. The van der Waals surface area contributed by atoms with Crippen LogP contribution in [0.4, 0.5) is 0 Å². The van der Waals surface area contributed by atoms with Crippen molar-refractivity contribution >= 4 is 35.9 Å². The van der Waals surface area contributed by atoms with Crippen LogP contribution in [0, 0.1) is 0 Å². The van der Waals surface area contributed by atoms with E-state index in [9.17, 15) is 4.79 Å². The summed E-state index contributed by atoms with van der Waals surface area (Å²) in [4.78, 5) is 20.5. The van der Waals surface area contributed by atoms with Gasteiger partial charge in [0.1, 0.15) is 11.5 Å². The fourth-order valence-electron chi connectivity index (χ4n) is 3.36. The van der Waals surface area contributed by atoms with Gasteiger partial charge in [0.2, 0.25) is 0 Å². The minimum Gasteiger partial charge on any atom is -0.497 e. The zero-order valence-corrected chi connectivity index (χ0v) is 20.8. The number of nitrogens with one attached hydrogen (secondary N) is 1. The van der Waals surface area contributed by atoms with Crippen LogP contribution < -0.4 is 14.8 Å². The maximum atomic E-state index is 11.4. The molecule has 0 amide bonds. The highest BCUT2D eigenvalue weighted by Gasteiger charge is 2.20. The van der Waals surface area contributed by atoms with Gasteiger partial charge >= 0.3 is 5.97 Å². The molecule has 0 saturated carbocycles. The third-order valence-corrected chi connectivity index (χ3v) is 4.91. The third kappa shape index (κ3) is 8.17. The van der Waals surface area contributed by atoms with Crippen molar-refractivity contribution in [3.05, 3.63) is 23.8 Å². The molecule has 0 bridgehead atoms. The molecule has 8 nitrogen and oxygen atoms in total. The lowest BCUT2D eigenvalue weighted by Crippen LogP contribution is -2.52. The molecule has 1 saturated heterocycles. The van der Waals surface area contributed by atoms with Crippen LogP contribution in [0.3, 0.4) is 0 Å². The number of piperazine rings is 1. The lowest BCUT2D eigenvalue weighted by Gasteiger charge is -2.36. The SMILES string of the molecule is CCOC(=O)CCCNC(=NC)N1CCN(Cc2cc(OC)ccc2OC)CC1.I. The molecular weight excluding hydrogens is 499 g/mol. The van der Waals surface area contributed by atoms with Gasteiger partial charge in [-0.05, 0) is 31.5 Å². The van der Waals surface area contributed by atoms with E-state index in [1.54, 1.807) is 21.3 Å². The Hall–Kier alpha value is -1.75. The molecule has 9 heteroatoms. The number of rotatable bonds is 9. The molecule has 0 aromatic heterocycles. The lowest BCUT2D eigenvalue weighted by atomic mass is 10.1. The van der Waals surface area contributed by atoms with Gasteiger partial charge in [0, 0.05) is 58.3 Å².